The van der Waals surface area contributed by atoms with Gasteiger partial charge in [0.25, 0.3) is 0 Å². The molecule has 0 saturated carbocycles. The molecule has 1 N–H and O–H groups in total. The van der Waals surface area contributed by atoms with Gasteiger partial charge in [0.15, 0.2) is 11.5 Å². The van der Waals surface area contributed by atoms with E-state index in [9.17, 15) is 0 Å². The zero-order chi connectivity index (χ0) is 15.1. The summed E-state index contributed by atoms with van der Waals surface area (Å²) < 4.78 is 5.56. The number of nitriles is 1. The second-order valence-electron chi connectivity index (χ2n) is 4.90. The van der Waals surface area contributed by atoms with Crippen LogP contribution in [0.2, 0.25) is 0 Å². The second kappa shape index (κ2) is 7.36. The Kier molecular flexibility index (Phi) is 5.24. The van der Waals surface area contributed by atoms with Gasteiger partial charge in [0, 0.05) is 18.9 Å². The number of hydrogen-bond acceptors (Lipinski definition) is 5. The van der Waals surface area contributed by atoms with E-state index in [2.05, 4.69) is 15.3 Å². The molecule has 0 atom stereocenters. The molecule has 108 valence electrons. The molecule has 0 aliphatic carbocycles. The van der Waals surface area contributed by atoms with Crippen molar-refractivity contribution in [3.05, 3.63) is 53.5 Å². The maximum absolute atomic E-state index is 8.95. The van der Waals surface area contributed by atoms with Gasteiger partial charge in [-0.05, 0) is 25.0 Å². The van der Waals surface area contributed by atoms with Gasteiger partial charge in [-0.3, -0.25) is 0 Å². The molecule has 0 radical (unpaired) electrons. The van der Waals surface area contributed by atoms with Crippen molar-refractivity contribution in [3.63, 3.8) is 0 Å². The summed E-state index contributed by atoms with van der Waals surface area (Å²) in [5, 5.41) is 12.1. The molecule has 0 unspecified atom stereocenters. The van der Waals surface area contributed by atoms with Crippen LogP contribution in [0.1, 0.15) is 30.7 Å². The Morgan fingerprint density at radius 3 is 2.48 bits per heavy atom. The highest BCUT2D eigenvalue weighted by Gasteiger charge is 2.03. The number of anilines is 1. The fourth-order valence-electron chi connectivity index (χ4n) is 1.75. The van der Waals surface area contributed by atoms with Crippen LogP contribution in [-0.2, 0) is 17.9 Å². The fraction of sp³-hybridized carbons (Fsp3) is 0.312. The standard InChI is InChI=1S/C16H18N4O/c1-12(2)21-11-14-5-3-13(4-6-14)10-20-16-15(9-17)18-7-8-19-16/h3-8,12H,10-11H2,1-2H3,(H,19,20). The first-order valence-corrected chi connectivity index (χ1v) is 6.83. The van der Waals surface area contributed by atoms with Gasteiger partial charge in [0.2, 0.25) is 0 Å². The van der Waals surface area contributed by atoms with E-state index in [0.29, 0.717) is 24.7 Å². The van der Waals surface area contributed by atoms with Gasteiger partial charge in [0.1, 0.15) is 6.07 Å². The van der Waals surface area contributed by atoms with Gasteiger partial charge in [0.05, 0.1) is 12.7 Å². The molecule has 0 bridgehead atoms. The summed E-state index contributed by atoms with van der Waals surface area (Å²) in [5.41, 5.74) is 2.56. The normalized spacial score (nSPS) is 10.4. The first-order chi connectivity index (χ1) is 10.2. The highest BCUT2D eigenvalue weighted by Crippen LogP contribution is 2.11. The first kappa shape index (κ1) is 14.9. The number of nitrogens with zero attached hydrogens (tertiary/aromatic N) is 3. The van der Waals surface area contributed by atoms with E-state index >= 15 is 0 Å². The highest BCUT2D eigenvalue weighted by molar-refractivity contribution is 5.47. The third-order valence-electron chi connectivity index (χ3n) is 2.87. The number of rotatable bonds is 6. The van der Waals surface area contributed by atoms with E-state index in [1.165, 1.54) is 6.20 Å². The molecule has 0 amide bonds. The van der Waals surface area contributed by atoms with E-state index in [4.69, 9.17) is 10.00 Å². The third kappa shape index (κ3) is 4.55. The van der Waals surface area contributed by atoms with Crippen LogP contribution < -0.4 is 5.32 Å². The lowest BCUT2D eigenvalue weighted by Crippen LogP contribution is -2.05. The van der Waals surface area contributed by atoms with E-state index in [1.54, 1.807) is 6.20 Å². The lowest BCUT2D eigenvalue weighted by molar-refractivity contribution is 0.0657. The van der Waals surface area contributed by atoms with Crippen molar-refractivity contribution >= 4 is 5.82 Å². The minimum atomic E-state index is 0.229. The van der Waals surface area contributed by atoms with Crippen LogP contribution in [0, 0.1) is 11.3 Å². The molecular weight excluding hydrogens is 264 g/mol. The van der Waals surface area contributed by atoms with Gasteiger partial charge in [-0.25, -0.2) is 9.97 Å². The van der Waals surface area contributed by atoms with Gasteiger partial charge in [-0.1, -0.05) is 24.3 Å². The lowest BCUT2D eigenvalue weighted by Gasteiger charge is -2.09. The summed E-state index contributed by atoms with van der Waals surface area (Å²) in [6, 6.07) is 10.2. The first-order valence-electron chi connectivity index (χ1n) is 6.83. The molecule has 0 fully saturated rings. The van der Waals surface area contributed by atoms with Gasteiger partial charge < -0.3 is 10.1 Å². The third-order valence-corrected chi connectivity index (χ3v) is 2.87. The molecule has 0 spiro atoms. The molecule has 0 saturated heterocycles. The number of ether oxygens (including phenoxy) is 1. The summed E-state index contributed by atoms with van der Waals surface area (Å²) in [6.45, 7) is 5.25. The van der Waals surface area contributed by atoms with E-state index < -0.39 is 0 Å². The molecule has 5 nitrogen and oxygen atoms in total. The fourth-order valence-corrected chi connectivity index (χ4v) is 1.75. The summed E-state index contributed by atoms with van der Waals surface area (Å²) in [4.78, 5) is 8.08. The van der Waals surface area contributed by atoms with Gasteiger partial charge in [-0.2, -0.15) is 5.26 Å². The van der Waals surface area contributed by atoms with Crippen LogP contribution in [0.25, 0.3) is 0 Å². The van der Waals surface area contributed by atoms with Crippen molar-refractivity contribution in [2.24, 2.45) is 0 Å². The smallest absolute Gasteiger partial charge is 0.182 e. The quantitative estimate of drug-likeness (QED) is 0.882. The monoisotopic (exact) mass is 282 g/mol. The number of benzene rings is 1. The second-order valence-corrected chi connectivity index (χ2v) is 4.90. The van der Waals surface area contributed by atoms with Gasteiger partial charge in [-0.15, -0.1) is 0 Å². The molecule has 5 heteroatoms. The van der Waals surface area contributed by atoms with E-state index in [-0.39, 0.29) is 6.10 Å². The van der Waals surface area contributed by atoms with Crippen molar-refractivity contribution in [3.8, 4) is 6.07 Å². The van der Waals surface area contributed by atoms with Crippen molar-refractivity contribution in [1.29, 1.82) is 5.26 Å². The Hall–Kier alpha value is -2.45. The zero-order valence-electron chi connectivity index (χ0n) is 12.2. The Balaban J connectivity index is 1.93. The maximum atomic E-state index is 8.95. The highest BCUT2D eigenvalue weighted by atomic mass is 16.5. The Morgan fingerprint density at radius 2 is 1.81 bits per heavy atom. The zero-order valence-corrected chi connectivity index (χ0v) is 12.2. The Labute approximate surface area is 124 Å². The van der Waals surface area contributed by atoms with Crippen molar-refractivity contribution in [2.45, 2.75) is 33.1 Å². The van der Waals surface area contributed by atoms with Crippen LogP contribution in [0.15, 0.2) is 36.7 Å². The largest absolute Gasteiger partial charge is 0.374 e. The molecule has 1 aromatic carbocycles. The summed E-state index contributed by atoms with van der Waals surface area (Å²) in [6.07, 6.45) is 3.30. The molecule has 21 heavy (non-hydrogen) atoms. The number of nitrogens with one attached hydrogen (secondary N) is 1. The molecule has 1 heterocycles. The summed E-state index contributed by atoms with van der Waals surface area (Å²) in [5.74, 6) is 0.507. The predicted octanol–water partition coefficient (Wildman–Crippen LogP) is 2.89. The predicted molar refractivity (Wildman–Crippen MR) is 80.4 cm³/mol. The Morgan fingerprint density at radius 1 is 1.14 bits per heavy atom. The minimum Gasteiger partial charge on any atom is -0.374 e. The molecular formula is C16H18N4O. The summed E-state index contributed by atoms with van der Waals surface area (Å²) >= 11 is 0. The van der Waals surface area contributed by atoms with Crippen molar-refractivity contribution < 1.29 is 4.74 Å². The van der Waals surface area contributed by atoms with E-state index in [1.807, 2.05) is 44.2 Å². The molecule has 1 aromatic heterocycles. The van der Waals surface area contributed by atoms with Crippen LogP contribution in [0.4, 0.5) is 5.82 Å². The average Bonchev–Trinajstić information content (AvgIpc) is 2.52. The van der Waals surface area contributed by atoms with Crippen LogP contribution in [0.3, 0.4) is 0 Å². The Bertz CT molecular complexity index is 617. The van der Waals surface area contributed by atoms with Crippen LogP contribution in [0.5, 0.6) is 0 Å². The maximum Gasteiger partial charge on any atom is 0.182 e. The SMILES string of the molecule is CC(C)OCc1ccc(CNc2nccnc2C#N)cc1. The lowest BCUT2D eigenvalue weighted by atomic mass is 10.1. The number of aromatic nitrogens is 2. The summed E-state index contributed by atoms with van der Waals surface area (Å²) in [7, 11) is 0. The minimum absolute atomic E-state index is 0.229. The van der Waals surface area contributed by atoms with Crippen LogP contribution in [-0.4, -0.2) is 16.1 Å². The van der Waals surface area contributed by atoms with Crippen molar-refractivity contribution in [2.75, 3.05) is 5.32 Å². The topological polar surface area (TPSA) is 70.8 Å². The average molecular weight is 282 g/mol. The van der Waals surface area contributed by atoms with Gasteiger partial charge >= 0.3 is 0 Å². The molecule has 0 aliphatic heterocycles. The molecule has 2 rings (SSSR count). The number of hydrogen-bond donors (Lipinski definition) is 1. The molecule has 2 aromatic rings. The molecule has 0 aliphatic rings. The van der Waals surface area contributed by atoms with Crippen LogP contribution >= 0.6 is 0 Å². The van der Waals surface area contributed by atoms with E-state index in [0.717, 1.165) is 11.1 Å². The van der Waals surface area contributed by atoms with Crippen molar-refractivity contribution in [1.82, 2.24) is 9.97 Å².